The van der Waals surface area contributed by atoms with E-state index in [1.807, 2.05) is 13.8 Å². The third kappa shape index (κ3) is 4.20. The highest BCUT2D eigenvalue weighted by Crippen LogP contribution is 2.26. The van der Waals surface area contributed by atoms with E-state index in [2.05, 4.69) is 5.32 Å². The average molecular weight is 272 g/mol. The Labute approximate surface area is 112 Å². The second-order valence-corrected chi connectivity index (χ2v) is 4.78. The zero-order valence-corrected chi connectivity index (χ0v) is 11.4. The maximum atomic E-state index is 11.4. The Morgan fingerprint density at radius 1 is 1.33 bits per heavy atom. The molecule has 1 aromatic rings. The molecule has 1 rings (SSSR count). The number of hydrogen-bond donors (Lipinski definition) is 2. The molecule has 0 unspecified atom stereocenters. The highest BCUT2D eigenvalue weighted by Gasteiger charge is 2.22. The van der Waals surface area contributed by atoms with Gasteiger partial charge in [-0.2, -0.15) is 0 Å². The number of hydrogen-bond acceptors (Lipinski definition) is 3. The lowest BCUT2D eigenvalue weighted by molar-refractivity contribution is 0.0112. The topological polar surface area (TPSA) is 58.6 Å². The van der Waals surface area contributed by atoms with Crippen molar-refractivity contribution in [3.8, 4) is 0 Å². The summed E-state index contributed by atoms with van der Waals surface area (Å²) in [7, 11) is 0. The second-order valence-electron chi connectivity index (χ2n) is 4.38. The fourth-order valence-electron chi connectivity index (χ4n) is 1.47. The number of carbonyl (C=O) groups is 1. The molecule has 0 fully saturated rings. The highest BCUT2D eigenvalue weighted by molar-refractivity contribution is 6.31. The summed E-state index contributed by atoms with van der Waals surface area (Å²) in [5, 5.41) is 13.1. The van der Waals surface area contributed by atoms with Gasteiger partial charge in [0.1, 0.15) is 12.2 Å². The van der Waals surface area contributed by atoms with Gasteiger partial charge in [0.2, 0.25) is 0 Å². The van der Waals surface area contributed by atoms with E-state index in [0.717, 1.165) is 0 Å². The van der Waals surface area contributed by atoms with Gasteiger partial charge in [0, 0.05) is 16.6 Å². The molecule has 1 aromatic carbocycles. The van der Waals surface area contributed by atoms with Crippen LogP contribution in [-0.2, 0) is 4.74 Å². The normalized spacial score (nSPS) is 14.1. The summed E-state index contributed by atoms with van der Waals surface area (Å²) in [5.41, 5.74) is 0.545. The lowest BCUT2D eigenvalue weighted by atomic mass is 10.1. The van der Waals surface area contributed by atoms with Crippen molar-refractivity contribution in [2.45, 2.75) is 39.0 Å². The largest absolute Gasteiger partial charge is 0.443 e. The number of alkyl carbamates (subject to hydrolysis) is 1. The maximum absolute atomic E-state index is 11.4. The van der Waals surface area contributed by atoms with Gasteiger partial charge in [0.25, 0.3) is 0 Å². The van der Waals surface area contributed by atoms with Gasteiger partial charge < -0.3 is 15.2 Å². The van der Waals surface area contributed by atoms with Gasteiger partial charge >= 0.3 is 6.09 Å². The Morgan fingerprint density at radius 3 is 2.50 bits per heavy atom. The zero-order valence-electron chi connectivity index (χ0n) is 10.7. The van der Waals surface area contributed by atoms with Gasteiger partial charge in [-0.05, 0) is 26.8 Å². The average Bonchev–Trinajstić information content (AvgIpc) is 2.27. The molecule has 100 valence electrons. The molecule has 0 aliphatic heterocycles. The van der Waals surface area contributed by atoms with Crippen LogP contribution in [0.2, 0.25) is 5.02 Å². The SMILES string of the molecule is CC(C)NC(=O)O[C@H](C)[C@@H](O)c1ccccc1Cl. The summed E-state index contributed by atoms with van der Waals surface area (Å²) >= 11 is 5.97. The Bertz CT molecular complexity index is 409. The third-order valence-corrected chi connectivity index (χ3v) is 2.71. The van der Waals surface area contributed by atoms with Crippen LogP contribution < -0.4 is 5.32 Å². The van der Waals surface area contributed by atoms with Crippen LogP contribution in [0.1, 0.15) is 32.4 Å². The van der Waals surface area contributed by atoms with Gasteiger partial charge in [-0.1, -0.05) is 29.8 Å². The highest BCUT2D eigenvalue weighted by atomic mass is 35.5. The van der Waals surface area contributed by atoms with Crippen molar-refractivity contribution in [2.24, 2.45) is 0 Å². The molecule has 0 radical (unpaired) electrons. The molecule has 0 bridgehead atoms. The monoisotopic (exact) mass is 271 g/mol. The number of aliphatic hydroxyl groups excluding tert-OH is 1. The predicted octanol–water partition coefficient (Wildman–Crippen LogP) is 2.90. The first-order chi connectivity index (χ1) is 8.41. The molecule has 0 aromatic heterocycles. The minimum Gasteiger partial charge on any atom is -0.443 e. The third-order valence-electron chi connectivity index (χ3n) is 2.37. The smallest absolute Gasteiger partial charge is 0.407 e. The number of amides is 1. The lowest BCUT2D eigenvalue weighted by Crippen LogP contribution is -2.34. The first-order valence-corrected chi connectivity index (χ1v) is 6.19. The fourth-order valence-corrected chi connectivity index (χ4v) is 1.72. The van der Waals surface area contributed by atoms with Crippen molar-refractivity contribution in [2.75, 3.05) is 0 Å². The molecule has 0 spiro atoms. The quantitative estimate of drug-likeness (QED) is 0.885. The molecule has 0 aliphatic carbocycles. The lowest BCUT2D eigenvalue weighted by Gasteiger charge is -2.21. The van der Waals surface area contributed by atoms with E-state index in [1.165, 1.54) is 0 Å². The summed E-state index contributed by atoms with van der Waals surface area (Å²) in [6.07, 6.45) is -2.18. The molecule has 0 heterocycles. The van der Waals surface area contributed by atoms with Crippen LogP contribution in [0.4, 0.5) is 4.79 Å². The van der Waals surface area contributed by atoms with Crippen LogP contribution in [-0.4, -0.2) is 23.3 Å². The Kier molecular flexibility index (Phi) is 5.44. The van der Waals surface area contributed by atoms with Crippen molar-refractivity contribution < 1.29 is 14.6 Å². The van der Waals surface area contributed by atoms with E-state index in [-0.39, 0.29) is 6.04 Å². The van der Waals surface area contributed by atoms with Crippen LogP contribution in [0.3, 0.4) is 0 Å². The Hall–Kier alpha value is -1.26. The predicted molar refractivity (Wildman–Crippen MR) is 70.6 cm³/mol. The van der Waals surface area contributed by atoms with E-state index in [0.29, 0.717) is 10.6 Å². The van der Waals surface area contributed by atoms with Crippen LogP contribution >= 0.6 is 11.6 Å². The molecule has 5 heteroatoms. The molecular weight excluding hydrogens is 254 g/mol. The number of aliphatic hydroxyl groups is 1. The number of halogens is 1. The number of rotatable bonds is 4. The molecule has 0 aliphatic rings. The summed E-state index contributed by atoms with van der Waals surface area (Å²) in [6, 6.07) is 6.91. The Morgan fingerprint density at radius 2 is 1.94 bits per heavy atom. The van der Waals surface area contributed by atoms with Gasteiger partial charge in [-0.15, -0.1) is 0 Å². The van der Waals surface area contributed by atoms with Gasteiger partial charge in [0.05, 0.1) is 0 Å². The summed E-state index contributed by atoms with van der Waals surface area (Å²) in [5.74, 6) is 0. The molecule has 2 N–H and O–H groups in total. The minimum atomic E-state index is -0.948. The van der Waals surface area contributed by atoms with Crippen LogP contribution in [0.25, 0.3) is 0 Å². The standard InChI is InChI=1S/C13H18ClNO3/c1-8(2)15-13(17)18-9(3)12(16)10-6-4-5-7-11(10)14/h4-9,12,16H,1-3H3,(H,15,17)/t9-,12-/m1/s1. The summed E-state index contributed by atoms with van der Waals surface area (Å²) in [4.78, 5) is 11.4. The van der Waals surface area contributed by atoms with E-state index in [4.69, 9.17) is 16.3 Å². The molecule has 0 saturated carbocycles. The van der Waals surface area contributed by atoms with E-state index in [9.17, 15) is 9.90 Å². The van der Waals surface area contributed by atoms with Gasteiger partial charge in [0.15, 0.2) is 0 Å². The van der Waals surface area contributed by atoms with Crippen molar-refractivity contribution in [3.63, 3.8) is 0 Å². The second kappa shape index (κ2) is 6.61. The van der Waals surface area contributed by atoms with Gasteiger partial charge in [-0.3, -0.25) is 0 Å². The minimum absolute atomic E-state index is 0.0119. The van der Waals surface area contributed by atoms with Crippen molar-refractivity contribution in [1.29, 1.82) is 0 Å². The molecule has 0 saturated heterocycles. The molecule has 1 amide bonds. The first-order valence-electron chi connectivity index (χ1n) is 5.81. The van der Waals surface area contributed by atoms with Gasteiger partial charge in [-0.25, -0.2) is 4.79 Å². The van der Waals surface area contributed by atoms with Crippen LogP contribution in [0, 0.1) is 0 Å². The molecule has 4 nitrogen and oxygen atoms in total. The maximum Gasteiger partial charge on any atom is 0.407 e. The zero-order chi connectivity index (χ0) is 13.7. The van der Waals surface area contributed by atoms with Crippen molar-refractivity contribution in [1.82, 2.24) is 5.32 Å². The van der Waals surface area contributed by atoms with Crippen molar-refractivity contribution >= 4 is 17.7 Å². The number of carbonyl (C=O) groups excluding carboxylic acids is 1. The number of ether oxygens (including phenoxy) is 1. The van der Waals surface area contributed by atoms with Crippen LogP contribution in [0.5, 0.6) is 0 Å². The van der Waals surface area contributed by atoms with E-state index >= 15 is 0 Å². The van der Waals surface area contributed by atoms with Crippen molar-refractivity contribution in [3.05, 3.63) is 34.9 Å². The Balaban J connectivity index is 2.64. The molecule has 2 atom stereocenters. The summed E-state index contributed by atoms with van der Waals surface area (Å²) in [6.45, 7) is 5.28. The molecule has 18 heavy (non-hydrogen) atoms. The molecular formula is C13H18ClNO3. The summed E-state index contributed by atoms with van der Waals surface area (Å²) < 4.78 is 5.07. The number of nitrogens with one attached hydrogen (secondary N) is 1. The first kappa shape index (κ1) is 14.8. The number of benzene rings is 1. The van der Waals surface area contributed by atoms with E-state index in [1.54, 1.807) is 31.2 Å². The van der Waals surface area contributed by atoms with E-state index < -0.39 is 18.3 Å². The van der Waals surface area contributed by atoms with Crippen LogP contribution in [0.15, 0.2) is 24.3 Å². The fraction of sp³-hybridized carbons (Fsp3) is 0.462.